The summed E-state index contributed by atoms with van der Waals surface area (Å²) in [6, 6.07) is 60.3. The number of para-hydroxylation sites is 1. The van der Waals surface area contributed by atoms with Crippen LogP contribution in [-0.4, -0.2) is 10.4 Å². The summed E-state index contributed by atoms with van der Waals surface area (Å²) < 4.78 is 9.25. The molecule has 0 saturated carbocycles. The predicted molar refractivity (Wildman–Crippen MR) is 214 cm³/mol. The summed E-state index contributed by atoms with van der Waals surface area (Å²) in [5, 5.41) is 17.1. The van der Waals surface area contributed by atoms with Crippen molar-refractivity contribution < 1.29 is 4.42 Å². The summed E-state index contributed by atoms with van der Waals surface area (Å²) in [5.74, 6) is 0.846. The number of nitrogens with zero attached hydrogens (tertiary/aromatic N) is 2. The molecule has 11 rings (SSSR count). The molecular formula is C47H32N4O. The Balaban J connectivity index is 1.24. The van der Waals surface area contributed by atoms with Crippen molar-refractivity contribution in [1.29, 1.82) is 0 Å². The maximum absolute atomic E-state index is 6.75. The first-order chi connectivity index (χ1) is 25.8. The Labute approximate surface area is 299 Å². The Hall–Kier alpha value is -6.69. The summed E-state index contributed by atoms with van der Waals surface area (Å²) >= 11 is 0. The van der Waals surface area contributed by atoms with Crippen molar-refractivity contribution >= 4 is 71.1 Å². The van der Waals surface area contributed by atoms with E-state index in [0.29, 0.717) is 0 Å². The standard InChI is InChI=1S/C47H32N4O/c1-3-15-31(16-4-1)45-48-46(32-17-5-2-6-18-32)50-47(49-45)33-27-39(42-38-21-11-12-22-40(38)52-41(42)28-33)51-43-34-19-9-7-13-29(34)23-25-36(43)37-26-24-30-14-8-10-20-35(30)44(37)51/h1-28,45,47,49H,(H,48,50). The van der Waals surface area contributed by atoms with Crippen LogP contribution in [-0.2, 0) is 0 Å². The number of aliphatic imine (C=N–C) groups is 1. The molecule has 3 heterocycles. The molecule has 1 aliphatic heterocycles. The molecular weight excluding hydrogens is 637 g/mol. The van der Waals surface area contributed by atoms with Crippen LogP contribution in [0, 0.1) is 0 Å². The van der Waals surface area contributed by atoms with E-state index in [9.17, 15) is 0 Å². The van der Waals surface area contributed by atoms with Crippen molar-refractivity contribution in [2.24, 2.45) is 4.99 Å². The number of amidine groups is 1. The van der Waals surface area contributed by atoms with Crippen molar-refractivity contribution in [3.8, 4) is 5.69 Å². The van der Waals surface area contributed by atoms with Gasteiger partial charge in [0.25, 0.3) is 0 Å². The lowest BCUT2D eigenvalue weighted by molar-refractivity contribution is 0.409. The minimum absolute atomic E-state index is 0.251. The number of benzene rings is 8. The summed E-state index contributed by atoms with van der Waals surface area (Å²) in [6.07, 6.45) is -0.519. The molecule has 1 aliphatic rings. The number of fused-ring (bicyclic) bond motifs is 10. The van der Waals surface area contributed by atoms with Gasteiger partial charge in [-0.1, -0.05) is 152 Å². The zero-order valence-electron chi connectivity index (χ0n) is 28.1. The van der Waals surface area contributed by atoms with E-state index in [1.807, 2.05) is 18.2 Å². The third-order valence-electron chi connectivity index (χ3n) is 10.6. The van der Waals surface area contributed by atoms with E-state index in [1.165, 1.54) is 43.4 Å². The van der Waals surface area contributed by atoms with E-state index < -0.39 is 0 Å². The molecule has 0 bridgehead atoms. The van der Waals surface area contributed by atoms with Crippen LogP contribution in [0.15, 0.2) is 179 Å². The second-order valence-corrected chi connectivity index (χ2v) is 13.6. The molecule has 0 radical (unpaired) electrons. The number of aromatic nitrogens is 1. The quantitative estimate of drug-likeness (QED) is 0.196. The highest BCUT2D eigenvalue weighted by Gasteiger charge is 2.28. The molecule has 2 atom stereocenters. The van der Waals surface area contributed by atoms with Crippen LogP contribution < -0.4 is 10.6 Å². The smallest absolute Gasteiger partial charge is 0.137 e. The van der Waals surface area contributed by atoms with Crippen molar-refractivity contribution in [3.63, 3.8) is 0 Å². The van der Waals surface area contributed by atoms with E-state index in [2.05, 4.69) is 167 Å². The molecule has 0 amide bonds. The van der Waals surface area contributed by atoms with Crippen LogP contribution in [0.2, 0.25) is 0 Å². The molecule has 0 spiro atoms. The van der Waals surface area contributed by atoms with E-state index in [0.717, 1.165) is 50.2 Å². The normalized spacial score (nSPS) is 16.3. The van der Waals surface area contributed by atoms with Gasteiger partial charge in [-0.25, -0.2) is 4.99 Å². The third-order valence-corrected chi connectivity index (χ3v) is 10.6. The van der Waals surface area contributed by atoms with Crippen molar-refractivity contribution in [3.05, 3.63) is 187 Å². The molecule has 2 unspecified atom stereocenters. The minimum atomic E-state index is -0.268. The number of hydrogen-bond donors (Lipinski definition) is 2. The highest BCUT2D eigenvalue weighted by molar-refractivity contribution is 6.25. The fourth-order valence-corrected chi connectivity index (χ4v) is 8.26. The first kappa shape index (κ1) is 29.1. The van der Waals surface area contributed by atoms with Gasteiger partial charge in [0.1, 0.15) is 29.3 Å². The van der Waals surface area contributed by atoms with Gasteiger partial charge in [-0.2, -0.15) is 0 Å². The monoisotopic (exact) mass is 668 g/mol. The Morgan fingerprint density at radius 1 is 0.500 bits per heavy atom. The third kappa shape index (κ3) is 4.43. The van der Waals surface area contributed by atoms with Crippen LogP contribution in [0.25, 0.3) is 71.0 Å². The highest BCUT2D eigenvalue weighted by atomic mass is 16.3. The topological polar surface area (TPSA) is 54.5 Å². The summed E-state index contributed by atoms with van der Waals surface area (Å²) in [7, 11) is 0. The van der Waals surface area contributed by atoms with Gasteiger partial charge in [-0.3, -0.25) is 5.32 Å². The largest absolute Gasteiger partial charge is 0.456 e. The number of nitrogens with one attached hydrogen (secondary N) is 2. The molecule has 5 nitrogen and oxygen atoms in total. The first-order valence-electron chi connectivity index (χ1n) is 17.8. The summed E-state index contributed by atoms with van der Waals surface area (Å²) in [6.45, 7) is 0. The van der Waals surface area contributed by atoms with Crippen LogP contribution >= 0.6 is 0 Å². The van der Waals surface area contributed by atoms with Gasteiger partial charge >= 0.3 is 0 Å². The van der Waals surface area contributed by atoms with Gasteiger partial charge in [0, 0.05) is 32.5 Å². The van der Waals surface area contributed by atoms with Gasteiger partial charge in [0.2, 0.25) is 0 Å². The van der Waals surface area contributed by atoms with E-state index in [4.69, 9.17) is 9.41 Å². The van der Waals surface area contributed by atoms with E-state index in [1.54, 1.807) is 0 Å². The second kappa shape index (κ2) is 11.4. The maximum atomic E-state index is 6.75. The van der Waals surface area contributed by atoms with Crippen LogP contribution in [0.4, 0.5) is 0 Å². The number of hydrogen-bond acceptors (Lipinski definition) is 4. The minimum Gasteiger partial charge on any atom is -0.456 e. The molecule has 0 saturated heterocycles. The van der Waals surface area contributed by atoms with Crippen molar-refractivity contribution in [1.82, 2.24) is 15.2 Å². The number of furan rings is 1. The molecule has 5 heteroatoms. The molecule has 8 aromatic carbocycles. The molecule has 52 heavy (non-hydrogen) atoms. The average molecular weight is 669 g/mol. The van der Waals surface area contributed by atoms with Gasteiger partial charge in [0.05, 0.1) is 22.1 Å². The van der Waals surface area contributed by atoms with Gasteiger partial charge in [-0.15, -0.1) is 0 Å². The SMILES string of the molecule is c1ccc(C2=NC(c3ccccc3)NC(c3cc(-n4c5c6ccccc6ccc5c5ccc6ccccc6c54)c4c(c3)oc3ccccc34)N2)cc1. The number of rotatable bonds is 4. The lowest BCUT2D eigenvalue weighted by Gasteiger charge is -2.32. The zero-order chi connectivity index (χ0) is 34.2. The second-order valence-electron chi connectivity index (χ2n) is 13.6. The molecule has 2 N–H and O–H groups in total. The Bertz CT molecular complexity index is 2940. The van der Waals surface area contributed by atoms with Gasteiger partial charge in [-0.05, 0) is 40.1 Å². The maximum Gasteiger partial charge on any atom is 0.137 e. The van der Waals surface area contributed by atoms with E-state index >= 15 is 0 Å². The summed E-state index contributed by atoms with van der Waals surface area (Å²) in [4.78, 5) is 5.18. The molecule has 0 aliphatic carbocycles. The lowest BCUT2D eigenvalue weighted by Crippen LogP contribution is -2.45. The molecule has 0 fully saturated rings. The zero-order valence-corrected chi connectivity index (χ0v) is 28.1. The fraction of sp³-hybridized carbons (Fsp3) is 0.0426. The Kier molecular flexibility index (Phi) is 6.39. The van der Waals surface area contributed by atoms with Gasteiger partial charge < -0.3 is 14.3 Å². The average Bonchev–Trinajstić information content (AvgIpc) is 3.77. The molecule has 246 valence electrons. The van der Waals surface area contributed by atoms with Crippen molar-refractivity contribution in [2.45, 2.75) is 12.3 Å². The first-order valence-corrected chi connectivity index (χ1v) is 17.8. The molecule has 2 aromatic heterocycles. The summed E-state index contributed by atoms with van der Waals surface area (Å²) in [5.41, 5.74) is 8.36. The van der Waals surface area contributed by atoms with Crippen LogP contribution in [0.5, 0.6) is 0 Å². The van der Waals surface area contributed by atoms with E-state index in [-0.39, 0.29) is 12.3 Å². The highest BCUT2D eigenvalue weighted by Crippen LogP contribution is 2.44. The molecule has 10 aromatic rings. The van der Waals surface area contributed by atoms with Crippen molar-refractivity contribution in [2.75, 3.05) is 0 Å². The van der Waals surface area contributed by atoms with Crippen LogP contribution in [0.1, 0.15) is 29.0 Å². The predicted octanol–water partition coefficient (Wildman–Crippen LogP) is 11.3. The Morgan fingerprint density at radius 2 is 1.10 bits per heavy atom. The fourth-order valence-electron chi connectivity index (χ4n) is 8.26. The van der Waals surface area contributed by atoms with Gasteiger partial charge in [0.15, 0.2) is 0 Å². The lowest BCUT2D eigenvalue weighted by atomic mass is 10.0. The Morgan fingerprint density at radius 3 is 1.79 bits per heavy atom. The van der Waals surface area contributed by atoms with Crippen LogP contribution in [0.3, 0.4) is 0 Å².